The zero-order chi connectivity index (χ0) is 19.2. The van der Waals surface area contributed by atoms with Crippen molar-refractivity contribution in [2.75, 3.05) is 39.2 Å². The lowest BCUT2D eigenvalue weighted by Crippen LogP contribution is -3.05. The number of ether oxygens (including phenoxy) is 1. The number of benzene rings is 2. The van der Waals surface area contributed by atoms with Gasteiger partial charge in [-0.25, -0.2) is 4.98 Å². The topological polar surface area (TPSA) is 46.9 Å². The summed E-state index contributed by atoms with van der Waals surface area (Å²) in [5, 5.41) is 0.757. The normalized spacial score (nSPS) is 11.1. The quantitative estimate of drug-likeness (QED) is 0.649. The molecule has 27 heavy (non-hydrogen) atoms. The SMILES string of the molecule is COc1ccc2sc(N(CCC[NH+](C)C)C(=O)Cc3ccccc3)nc2c1. The number of nitrogens with one attached hydrogen (secondary N) is 1. The summed E-state index contributed by atoms with van der Waals surface area (Å²) in [7, 11) is 5.90. The van der Waals surface area contributed by atoms with Crippen LogP contribution in [0.25, 0.3) is 10.2 Å². The van der Waals surface area contributed by atoms with Crippen molar-refractivity contribution in [1.29, 1.82) is 0 Å². The zero-order valence-electron chi connectivity index (χ0n) is 16.1. The van der Waals surface area contributed by atoms with Crippen molar-refractivity contribution in [3.05, 3.63) is 54.1 Å². The second kappa shape index (κ2) is 8.97. The number of anilines is 1. The molecule has 6 heteroatoms. The van der Waals surface area contributed by atoms with Crippen LogP contribution >= 0.6 is 11.3 Å². The number of fused-ring (bicyclic) bond motifs is 1. The molecule has 0 fully saturated rings. The monoisotopic (exact) mass is 384 g/mol. The standard InChI is InChI=1S/C21H25N3O2S/c1-23(2)12-7-13-24(20(25)14-16-8-5-4-6-9-16)21-22-18-15-17(26-3)10-11-19(18)27-21/h4-6,8-11,15H,7,12-14H2,1-3H3/p+1. The molecule has 3 aromatic rings. The summed E-state index contributed by atoms with van der Waals surface area (Å²) < 4.78 is 6.35. The summed E-state index contributed by atoms with van der Waals surface area (Å²) in [6.07, 6.45) is 1.32. The van der Waals surface area contributed by atoms with Crippen molar-refractivity contribution in [3.63, 3.8) is 0 Å². The third-order valence-electron chi connectivity index (χ3n) is 4.37. The summed E-state index contributed by atoms with van der Waals surface area (Å²) in [6.45, 7) is 1.68. The van der Waals surface area contributed by atoms with E-state index in [0.717, 1.165) is 39.6 Å². The summed E-state index contributed by atoms with van der Waals surface area (Å²) in [5.41, 5.74) is 1.89. The molecule has 0 unspecified atom stereocenters. The van der Waals surface area contributed by atoms with E-state index in [2.05, 4.69) is 14.1 Å². The highest BCUT2D eigenvalue weighted by molar-refractivity contribution is 7.22. The van der Waals surface area contributed by atoms with Crippen LogP contribution in [-0.2, 0) is 11.2 Å². The molecule has 5 nitrogen and oxygen atoms in total. The van der Waals surface area contributed by atoms with Gasteiger partial charge in [-0.2, -0.15) is 0 Å². The lowest BCUT2D eigenvalue weighted by molar-refractivity contribution is -0.858. The van der Waals surface area contributed by atoms with Gasteiger partial charge in [-0.1, -0.05) is 41.7 Å². The molecular weight excluding hydrogens is 358 g/mol. The van der Waals surface area contributed by atoms with Gasteiger partial charge in [-0.05, 0) is 17.7 Å². The number of hydrogen-bond donors (Lipinski definition) is 1. The van der Waals surface area contributed by atoms with Crippen molar-refractivity contribution in [2.24, 2.45) is 0 Å². The molecule has 0 bridgehead atoms. The average molecular weight is 385 g/mol. The smallest absolute Gasteiger partial charge is 0.233 e. The van der Waals surface area contributed by atoms with Gasteiger partial charge in [0, 0.05) is 19.0 Å². The number of quaternary nitrogens is 1. The van der Waals surface area contributed by atoms with Gasteiger partial charge in [0.25, 0.3) is 0 Å². The second-order valence-corrected chi connectivity index (χ2v) is 7.86. The number of amides is 1. The maximum atomic E-state index is 13.0. The van der Waals surface area contributed by atoms with E-state index >= 15 is 0 Å². The van der Waals surface area contributed by atoms with E-state index in [1.54, 1.807) is 18.4 Å². The first-order valence-electron chi connectivity index (χ1n) is 9.14. The van der Waals surface area contributed by atoms with Crippen LogP contribution in [0.1, 0.15) is 12.0 Å². The fourth-order valence-electron chi connectivity index (χ4n) is 2.92. The Balaban J connectivity index is 1.85. The number of nitrogens with zero attached hydrogens (tertiary/aromatic N) is 2. The van der Waals surface area contributed by atoms with Crippen LogP contribution in [0.2, 0.25) is 0 Å². The number of aromatic nitrogens is 1. The highest BCUT2D eigenvalue weighted by Gasteiger charge is 2.20. The van der Waals surface area contributed by atoms with E-state index in [0.29, 0.717) is 13.0 Å². The number of thiazole rings is 1. The van der Waals surface area contributed by atoms with Crippen LogP contribution in [0.4, 0.5) is 5.13 Å². The number of hydrogen-bond acceptors (Lipinski definition) is 4. The molecule has 1 heterocycles. The van der Waals surface area contributed by atoms with Crippen molar-refractivity contribution in [2.45, 2.75) is 12.8 Å². The van der Waals surface area contributed by atoms with Crippen LogP contribution in [0.3, 0.4) is 0 Å². The first-order chi connectivity index (χ1) is 13.1. The third-order valence-corrected chi connectivity index (χ3v) is 5.43. The Kier molecular flexibility index (Phi) is 6.42. The number of carbonyl (C=O) groups is 1. The molecule has 0 spiro atoms. The van der Waals surface area contributed by atoms with Gasteiger partial charge in [0.2, 0.25) is 5.91 Å². The maximum Gasteiger partial charge on any atom is 0.233 e. The van der Waals surface area contributed by atoms with Gasteiger partial charge in [0.1, 0.15) is 5.75 Å². The van der Waals surface area contributed by atoms with Gasteiger partial charge < -0.3 is 9.64 Å². The van der Waals surface area contributed by atoms with Gasteiger partial charge >= 0.3 is 0 Å². The van der Waals surface area contributed by atoms with Crippen LogP contribution in [0.15, 0.2) is 48.5 Å². The summed E-state index contributed by atoms with van der Waals surface area (Å²) >= 11 is 1.55. The Morgan fingerprint density at radius 3 is 2.67 bits per heavy atom. The highest BCUT2D eigenvalue weighted by atomic mass is 32.1. The van der Waals surface area contributed by atoms with Gasteiger partial charge in [-0.3, -0.25) is 9.69 Å². The summed E-state index contributed by atoms with van der Waals surface area (Å²) in [6, 6.07) is 15.7. The van der Waals surface area contributed by atoms with Crippen molar-refractivity contribution in [1.82, 2.24) is 4.98 Å². The molecule has 1 aromatic heterocycles. The highest BCUT2D eigenvalue weighted by Crippen LogP contribution is 2.31. The van der Waals surface area contributed by atoms with E-state index in [1.165, 1.54) is 4.90 Å². The molecule has 142 valence electrons. The van der Waals surface area contributed by atoms with Gasteiger partial charge in [-0.15, -0.1) is 0 Å². The minimum atomic E-state index is 0.0842. The molecule has 2 aromatic carbocycles. The minimum Gasteiger partial charge on any atom is -0.497 e. The van der Waals surface area contributed by atoms with E-state index < -0.39 is 0 Å². The average Bonchev–Trinajstić information content (AvgIpc) is 3.08. The molecule has 0 aliphatic heterocycles. The Bertz CT molecular complexity index is 893. The molecule has 0 aliphatic carbocycles. The van der Waals surface area contributed by atoms with Crippen molar-refractivity contribution < 1.29 is 14.4 Å². The molecule has 0 saturated carbocycles. The lowest BCUT2D eigenvalue weighted by Gasteiger charge is -2.20. The van der Waals surface area contributed by atoms with E-state index in [1.807, 2.05) is 53.4 Å². The maximum absolute atomic E-state index is 13.0. The predicted molar refractivity (Wildman–Crippen MR) is 111 cm³/mol. The molecule has 0 saturated heterocycles. The molecule has 0 aliphatic rings. The van der Waals surface area contributed by atoms with E-state index in [4.69, 9.17) is 9.72 Å². The predicted octanol–water partition coefficient (Wildman–Crippen LogP) is 2.42. The minimum absolute atomic E-state index is 0.0842. The first-order valence-corrected chi connectivity index (χ1v) is 9.96. The van der Waals surface area contributed by atoms with Crippen LogP contribution in [0, 0.1) is 0 Å². The first kappa shape index (κ1) is 19.3. The molecule has 3 rings (SSSR count). The van der Waals surface area contributed by atoms with Crippen molar-refractivity contribution >= 4 is 32.6 Å². The summed E-state index contributed by atoms with van der Waals surface area (Å²) in [4.78, 5) is 21.0. The Labute approximate surface area is 164 Å². The van der Waals surface area contributed by atoms with Crippen molar-refractivity contribution in [3.8, 4) is 5.75 Å². The number of carbonyl (C=O) groups excluding carboxylic acids is 1. The zero-order valence-corrected chi connectivity index (χ0v) is 16.9. The van der Waals surface area contributed by atoms with Crippen LogP contribution < -0.4 is 14.5 Å². The molecule has 1 amide bonds. The second-order valence-electron chi connectivity index (χ2n) is 6.85. The Hall–Kier alpha value is -2.44. The van der Waals surface area contributed by atoms with E-state index in [-0.39, 0.29) is 5.91 Å². The number of rotatable bonds is 8. The fourth-order valence-corrected chi connectivity index (χ4v) is 3.91. The van der Waals surface area contributed by atoms with Crippen LogP contribution in [-0.4, -0.2) is 45.2 Å². The third kappa shape index (κ3) is 5.05. The van der Waals surface area contributed by atoms with Gasteiger partial charge in [0.05, 0.1) is 44.4 Å². The van der Waals surface area contributed by atoms with Gasteiger partial charge in [0.15, 0.2) is 5.13 Å². The summed E-state index contributed by atoms with van der Waals surface area (Å²) in [5.74, 6) is 0.860. The molecule has 0 atom stereocenters. The molecule has 1 N–H and O–H groups in total. The largest absolute Gasteiger partial charge is 0.497 e. The molecular formula is C21H26N3O2S+. The van der Waals surface area contributed by atoms with E-state index in [9.17, 15) is 4.79 Å². The lowest BCUT2D eigenvalue weighted by atomic mass is 10.1. The Morgan fingerprint density at radius 1 is 1.19 bits per heavy atom. The molecule has 0 radical (unpaired) electrons. The van der Waals surface area contributed by atoms with Crippen LogP contribution in [0.5, 0.6) is 5.75 Å². The number of methoxy groups -OCH3 is 1. The fraction of sp³-hybridized carbons (Fsp3) is 0.333. The Morgan fingerprint density at radius 2 is 1.96 bits per heavy atom.